The number of carbonyl (C=O) groups is 2. The number of benzene rings is 1. The van der Waals surface area contributed by atoms with Gasteiger partial charge in [-0.3, -0.25) is 19.8 Å². The number of carbonyl (C=O) groups excluding carboxylic acids is 2. The summed E-state index contributed by atoms with van der Waals surface area (Å²) in [6, 6.07) is 8.32. The molecule has 2 aromatic rings. The Morgan fingerprint density at radius 3 is 2.53 bits per heavy atom. The van der Waals surface area contributed by atoms with Crippen LogP contribution in [0.25, 0.3) is 0 Å². The van der Waals surface area contributed by atoms with Crippen molar-refractivity contribution in [3.8, 4) is 0 Å². The molecule has 1 aliphatic heterocycles. The van der Waals surface area contributed by atoms with Gasteiger partial charge in [-0.25, -0.2) is 5.06 Å². The highest BCUT2D eigenvalue weighted by atomic mass is 35.5. The molecule has 1 fully saturated rings. The Labute approximate surface area is 183 Å². The summed E-state index contributed by atoms with van der Waals surface area (Å²) in [5.74, 6) is -1.11. The van der Waals surface area contributed by atoms with Gasteiger partial charge >= 0.3 is 0 Å². The van der Waals surface area contributed by atoms with Crippen LogP contribution in [0.1, 0.15) is 27.6 Å². The van der Waals surface area contributed by atoms with Gasteiger partial charge in [-0.2, -0.15) is 0 Å². The summed E-state index contributed by atoms with van der Waals surface area (Å²) in [7, 11) is 0. The summed E-state index contributed by atoms with van der Waals surface area (Å²) in [6.45, 7) is 1.62. The summed E-state index contributed by atoms with van der Waals surface area (Å²) in [4.78, 5) is 28.6. The van der Waals surface area contributed by atoms with E-state index in [1.54, 1.807) is 37.3 Å². The average molecular weight is 454 g/mol. The second kappa shape index (κ2) is 9.28. The second-order valence-corrected chi connectivity index (χ2v) is 8.18. The number of aromatic nitrogens is 1. The third-order valence-electron chi connectivity index (χ3n) is 5.00. The zero-order valence-electron chi connectivity index (χ0n) is 16.1. The van der Waals surface area contributed by atoms with Gasteiger partial charge in [0.2, 0.25) is 0 Å². The van der Waals surface area contributed by atoms with Gasteiger partial charge in [0.25, 0.3) is 11.8 Å². The van der Waals surface area contributed by atoms with E-state index < -0.39 is 29.4 Å². The third-order valence-corrected chi connectivity index (χ3v) is 5.58. The van der Waals surface area contributed by atoms with E-state index in [4.69, 9.17) is 27.9 Å². The number of aliphatic hydroxyl groups excluding tert-OH is 1. The van der Waals surface area contributed by atoms with Crippen molar-refractivity contribution < 1.29 is 24.6 Å². The lowest BCUT2D eigenvalue weighted by Gasteiger charge is -2.31. The van der Waals surface area contributed by atoms with Crippen LogP contribution in [0.5, 0.6) is 0 Å². The molecule has 0 unspecified atom stereocenters. The van der Waals surface area contributed by atoms with Gasteiger partial charge in [0.15, 0.2) is 0 Å². The molecule has 30 heavy (non-hydrogen) atoms. The summed E-state index contributed by atoms with van der Waals surface area (Å²) in [5.41, 5.74) is -0.522. The highest BCUT2D eigenvalue weighted by molar-refractivity contribution is 6.39. The number of hydrogen-bond donors (Lipinski definition) is 3. The van der Waals surface area contributed by atoms with Crippen molar-refractivity contribution in [2.24, 2.45) is 5.41 Å². The molecule has 2 amide bonds. The lowest BCUT2D eigenvalue weighted by Crippen LogP contribution is -2.47. The van der Waals surface area contributed by atoms with Crippen molar-refractivity contribution in [3.05, 3.63) is 63.9 Å². The number of pyridine rings is 1. The number of hydroxylamine groups is 2. The van der Waals surface area contributed by atoms with Crippen molar-refractivity contribution in [2.45, 2.75) is 19.1 Å². The first-order chi connectivity index (χ1) is 14.2. The maximum atomic E-state index is 12.4. The van der Waals surface area contributed by atoms with E-state index in [1.807, 2.05) is 0 Å². The van der Waals surface area contributed by atoms with Crippen LogP contribution in [0, 0.1) is 5.41 Å². The van der Waals surface area contributed by atoms with Gasteiger partial charge in [0.05, 0.1) is 34.9 Å². The summed E-state index contributed by atoms with van der Waals surface area (Å²) in [6.07, 6.45) is 0.831. The molecule has 8 nitrogen and oxygen atoms in total. The summed E-state index contributed by atoms with van der Waals surface area (Å²) < 4.78 is 5.62. The Kier molecular flexibility index (Phi) is 6.95. The van der Waals surface area contributed by atoms with Crippen LogP contribution in [0.15, 0.2) is 42.7 Å². The van der Waals surface area contributed by atoms with Crippen molar-refractivity contribution in [1.29, 1.82) is 0 Å². The molecule has 0 saturated carbocycles. The minimum absolute atomic E-state index is 0.0113. The minimum Gasteiger partial charge on any atom is -0.390 e. The quantitative estimate of drug-likeness (QED) is 0.457. The van der Waals surface area contributed by atoms with Crippen LogP contribution in [0.3, 0.4) is 0 Å². The molecule has 1 aromatic heterocycles. The van der Waals surface area contributed by atoms with Crippen LogP contribution < -0.4 is 5.32 Å². The highest BCUT2D eigenvalue weighted by Crippen LogP contribution is 2.34. The zero-order valence-corrected chi connectivity index (χ0v) is 17.6. The number of ether oxygens (including phenoxy) is 1. The molecule has 0 aliphatic carbocycles. The number of nitrogens with one attached hydrogen (secondary N) is 1. The molecule has 3 rings (SSSR count). The molecule has 1 aliphatic rings. The topological polar surface area (TPSA) is 112 Å². The number of amides is 2. The van der Waals surface area contributed by atoms with E-state index in [2.05, 4.69) is 10.3 Å². The van der Waals surface area contributed by atoms with Crippen LogP contribution in [0.2, 0.25) is 10.0 Å². The number of halogens is 2. The van der Waals surface area contributed by atoms with Crippen LogP contribution in [-0.4, -0.2) is 64.1 Å². The number of nitrogens with zero attached hydrogens (tertiary/aromatic N) is 2. The lowest BCUT2D eigenvalue weighted by atomic mass is 9.84. The van der Waals surface area contributed by atoms with E-state index in [0.29, 0.717) is 10.6 Å². The van der Waals surface area contributed by atoms with Crippen molar-refractivity contribution in [2.75, 3.05) is 19.7 Å². The normalized spacial score (nSPS) is 23.2. The molecule has 3 atom stereocenters. The molecule has 1 saturated heterocycles. The zero-order chi connectivity index (χ0) is 21.9. The maximum absolute atomic E-state index is 12.4. The van der Waals surface area contributed by atoms with Gasteiger partial charge in [-0.15, -0.1) is 0 Å². The van der Waals surface area contributed by atoms with Gasteiger partial charge < -0.3 is 15.2 Å². The molecule has 0 spiro atoms. The van der Waals surface area contributed by atoms with Crippen molar-refractivity contribution >= 4 is 35.0 Å². The maximum Gasteiger partial charge on any atom is 0.277 e. The van der Waals surface area contributed by atoms with Crippen LogP contribution in [-0.2, 0) is 4.74 Å². The molecule has 0 radical (unpaired) electrons. The van der Waals surface area contributed by atoms with E-state index in [9.17, 15) is 19.9 Å². The van der Waals surface area contributed by atoms with Gasteiger partial charge in [0.1, 0.15) is 6.10 Å². The lowest BCUT2D eigenvalue weighted by molar-refractivity contribution is -0.0940. The van der Waals surface area contributed by atoms with Gasteiger partial charge in [-0.05, 0) is 12.1 Å². The summed E-state index contributed by atoms with van der Waals surface area (Å²) >= 11 is 12.0. The van der Waals surface area contributed by atoms with Crippen LogP contribution >= 0.6 is 23.2 Å². The van der Waals surface area contributed by atoms with Crippen molar-refractivity contribution in [1.82, 2.24) is 15.4 Å². The Morgan fingerprint density at radius 2 is 1.90 bits per heavy atom. The van der Waals surface area contributed by atoms with E-state index in [0.717, 1.165) is 0 Å². The molecule has 10 heteroatoms. The fourth-order valence-corrected chi connectivity index (χ4v) is 3.82. The highest BCUT2D eigenvalue weighted by Gasteiger charge is 2.47. The molecule has 0 bridgehead atoms. The number of hydrogen-bond acceptors (Lipinski definition) is 6. The number of aliphatic hydroxyl groups is 1. The van der Waals surface area contributed by atoms with Crippen LogP contribution in [0.4, 0.5) is 0 Å². The van der Waals surface area contributed by atoms with E-state index >= 15 is 0 Å². The molecule has 2 heterocycles. The molecular formula is C20H21Cl2N3O5. The average Bonchev–Trinajstić information content (AvgIpc) is 3.00. The van der Waals surface area contributed by atoms with Gasteiger partial charge in [-0.1, -0.05) is 48.3 Å². The van der Waals surface area contributed by atoms with E-state index in [-0.39, 0.29) is 35.3 Å². The minimum atomic E-state index is -1.04. The summed E-state index contributed by atoms with van der Waals surface area (Å²) in [5, 5.41) is 24.4. The first kappa shape index (κ1) is 22.5. The molecule has 3 N–H and O–H groups in total. The fourth-order valence-electron chi connectivity index (χ4n) is 3.29. The molecule has 1 aromatic carbocycles. The Bertz CT molecular complexity index is 910. The first-order valence-corrected chi connectivity index (χ1v) is 9.91. The largest absolute Gasteiger partial charge is 0.390 e. The third kappa shape index (κ3) is 4.74. The van der Waals surface area contributed by atoms with Crippen molar-refractivity contribution in [3.63, 3.8) is 0 Å². The fraction of sp³-hybridized carbons (Fsp3) is 0.350. The molecule has 160 valence electrons. The smallest absolute Gasteiger partial charge is 0.277 e. The Balaban J connectivity index is 1.60. The predicted molar refractivity (Wildman–Crippen MR) is 110 cm³/mol. The molecular weight excluding hydrogens is 433 g/mol. The Hall–Kier alpha value is -2.23. The van der Waals surface area contributed by atoms with E-state index in [1.165, 1.54) is 12.4 Å². The number of rotatable bonds is 6. The standard InChI is InChI=1S/C20H21Cl2N3O5/c1-20(10-25(29)19(28)12-5-3-2-4-6-12)11-30-15(17(20)26)9-24-18(27)16-13(21)7-23-8-14(16)22/h2-8,15,17,26,29H,9-11H2,1H3,(H,24,27)/t15-,17-,20-/m1/s1. The second-order valence-electron chi connectivity index (χ2n) is 7.37. The Morgan fingerprint density at radius 1 is 1.27 bits per heavy atom. The predicted octanol–water partition coefficient (Wildman–Crippen LogP) is 2.42. The van der Waals surface area contributed by atoms with Gasteiger partial charge in [0, 0.05) is 29.9 Å². The SMILES string of the molecule is C[C@@]1(CN(O)C(=O)c2ccccc2)CO[C@H](CNC(=O)c2c(Cl)cncc2Cl)[C@H]1O. The monoisotopic (exact) mass is 453 g/mol. The first-order valence-electron chi connectivity index (χ1n) is 9.15.